The fourth-order valence-electron chi connectivity index (χ4n) is 2.29. The molecule has 0 aromatic carbocycles. The maximum Gasteiger partial charge on any atom is 0.255 e. The third-order valence-electron chi connectivity index (χ3n) is 3.37. The van der Waals surface area contributed by atoms with Crippen molar-refractivity contribution >= 4 is 30.7 Å². The van der Waals surface area contributed by atoms with Crippen molar-refractivity contribution in [1.82, 2.24) is 15.2 Å². The van der Waals surface area contributed by atoms with Gasteiger partial charge in [-0.1, -0.05) is 0 Å². The fourth-order valence-corrected chi connectivity index (χ4v) is 2.29. The highest BCUT2D eigenvalue weighted by Crippen LogP contribution is 2.15. The van der Waals surface area contributed by atoms with E-state index in [-0.39, 0.29) is 36.8 Å². The van der Waals surface area contributed by atoms with Crippen LogP contribution >= 0.6 is 24.8 Å². The predicted molar refractivity (Wildman–Crippen MR) is 81.3 cm³/mol. The Labute approximate surface area is 131 Å². The zero-order chi connectivity index (χ0) is 13.0. The summed E-state index contributed by atoms with van der Waals surface area (Å²) in [6.07, 6.45) is 5.50. The molecule has 1 atom stereocenters. The van der Waals surface area contributed by atoms with Gasteiger partial charge in [0.15, 0.2) is 0 Å². The van der Waals surface area contributed by atoms with E-state index in [2.05, 4.69) is 10.3 Å². The number of nitrogens with one attached hydrogen (secondary N) is 1. The third-order valence-corrected chi connectivity index (χ3v) is 3.37. The molecule has 1 aliphatic heterocycles. The molecule has 1 aromatic heterocycles. The smallest absolute Gasteiger partial charge is 0.255 e. The van der Waals surface area contributed by atoms with Gasteiger partial charge in [0.2, 0.25) is 0 Å². The van der Waals surface area contributed by atoms with E-state index in [0.29, 0.717) is 5.56 Å². The summed E-state index contributed by atoms with van der Waals surface area (Å²) in [6, 6.07) is 1.46. The van der Waals surface area contributed by atoms with Crippen molar-refractivity contribution in [3.63, 3.8) is 0 Å². The summed E-state index contributed by atoms with van der Waals surface area (Å²) in [7, 11) is 1.78. The molecule has 1 aromatic rings. The molecular weight excluding hydrogens is 304 g/mol. The summed E-state index contributed by atoms with van der Waals surface area (Å²) < 4.78 is 13.1. The number of carbonyl (C=O) groups is 1. The van der Waals surface area contributed by atoms with Crippen LogP contribution in [-0.4, -0.2) is 42.0 Å². The molecule has 1 unspecified atom stereocenters. The van der Waals surface area contributed by atoms with E-state index in [4.69, 9.17) is 0 Å². The molecule has 20 heavy (non-hydrogen) atoms. The molecule has 0 bridgehead atoms. The number of aromatic nitrogens is 1. The number of halogens is 3. The first-order valence-corrected chi connectivity index (χ1v) is 6.27. The SMILES string of the molecule is CN(C(=O)c1cncc(F)c1)C1CCCNCC1.Cl.Cl. The molecule has 2 heterocycles. The lowest BCUT2D eigenvalue weighted by Gasteiger charge is -2.27. The van der Waals surface area contributed by atoms with Crippen LogP contribution in [0.25, 0.3) is 0 Å². The Morgan fingerprint density at radius 1 is 1.35 bits per heavy atom. The van der Waals surface area contributed by atoms with Crippen LogP contribution in [-0.2, 0) is 0 Å². The molecule has 7 heteroatoms. The zero-order valence-corrected chi connectivity index (χ0v) is 13.0. The van der Waals surface area contributed by atoms with Crippen molar-refractivity contribution in [2.24, 2.45) is 0 Å². The third kappa shape index (κ3) is 4.89. The molecule has 0 spiro atoms. The van der Waals surface area contributed by atoms with E-state index in [9.17, 15) is 9.18 Å². The highest BCUT2D eigenvalue weighted by molar-refractivity contribution is 5.93. The van der Waals surface area contributed by atoms with Crippen LogP contribution in [0.2, 0.25) is 0 Å². The minimum Gasteiger partial charge on any atom is -0.339 e. The molecule has 2 rings (SSSR count). The average Bonchev–Trinajstić information content (AvgIpc) is 2.66. The Morgan fingerprint density at radius 2 is 2.10 bits per heavy atom. The molecule has 1 N–H and O–H groups in total. The Hall–Kier alpha value is -0.910. The standard InChI is InChI=1S/C13H18FN3O.2ClH/c1-17(12-3-2-5-15-6-4-12)13(18)10-7-11(14)9-16-8-10;;/h7-9,12,15H,2-6H2,1H3;2*1H. The summed E-state index contributed by atoms with van der Waals surface area (Å²) in [5.41, 5.74) is 0.315. The van der Waals surface area contributed by atoms with Crippen LogP contribution in [0.4, 0.5) is 4.39 Å². The Bertz CT molecular complexity index is 426. The molecule has 0 saturated carbocycles. The van der Waals surface area contributed by atoms with E-state index in [1.165, 1.54) is 12.3 Å². The van der Waals surface area contributed by atoms with Gasteiger partial charge in [-0.2, -0.15) is 0 Å². The number of hydrogen-bond acceptors (Lipinski definition) is 3. The van der Waals surface area contributed by atoms with Crippen LogP contribution in [0.15, 0.2) is 18.5 Å². The molecule has 1 saturated heterocycles. The Balaban J connectivity index is 0.00000180. The second-order valence-corrected chi connectivity index (χ2v) is 4.64. The van der Waals surface area contributed by atoms with Gasteiger partial charge in [0, 0.05) is 19.3 Å². The molecule has 4 nitrogen and oxygen atoms in total. The van der Waals surface area contributed by atoms with Crippen molar-refractivity contribution in [2.45, 2.75) is 25.3 Å². The van der Waals surface area contributed by atoms with Gasteiger partial charge in [0.05, 0.1) is 11.8 Å². The second-order valence-electron chi connectivity index (χ2n) is 4.64. The zero-order valence-electron chi connectivity index (χ0n) is 11.3. The second kappa shape index (κ2) is 9.10. The number of amides is 1. The largest absolute Gasteiger partial charge is 0.339 e. The number of hydrogen-bond donors (Lipinski definition) is 1. The molecule has 0 aliphatic carbocycles. The van der Waals surface area contributed by atoms with E-state index in [1.54, 1.807) is 11.9 Å². The molecule has 1 amide bonds. The first-order chi connectivity index (χ1) is 8.68. The van der Waals surface area contributed by atoms with Gasteiger partial charge in [-0.05, 0) is 38.4 Å². The van der Waals surface area contributed by atoms with Crippen LogP contribution in [0.5, 0.6) is 0 Å². The van der Waals surface area contributed by atoms with Gasteiger partial charge in [-0.3, -0.25) is 9.78 Å². The Kier molecular flexibility index (Phi) is 8.69. The van der Waals surface area contributed by atoms with Crippen molar-refractivity contribution in [2.75, 3.05) is 20.1 Å². The molecular formula is C13H20Cl2FN3O. The van der Waals surface area contributed by atoms with Gasteiger partial charge >= 0.3 is 0 Å². The van der Waals surface area contributed by atoms with E-state index >= 15 is 0 Å². The summed E-state index contributed by atoms with van der Waals surface area (Å²) in [5.74, 6) is -0.634. The topological polar surface area (TPSA) is 45.2 Å². The molecule has 1 aliphatic rings. The van der Waals surface area contributed by atoms with Gasteiger partial charge in [0.1, 0.15) is 5.82 Å². The lowest BCUT2D eigenvalue weighted by molar-refractivity contribution is 0.0719. The first kappa shape index (κ1) is 19.1. The lowest BCUT2D eigenvalue weighted by atomic mass is 10.1. The van der Waals surface area contributed by atoms with E-state index < -0.39 is 5.82 Å². The minimum absolute atomic E-state index is 0. The Morgan fingerprint density at radius 3 is 2.80 bits per heavy atom. The summed E-state index contributed by atoms with van der Waals surface area (Å²) >= 11 is 0. The van der Waals surface area contributed by atoms with Crippen LogP contribution in [0, 0.1) is 5.82 Å². The first-order valence-electron chi connectivity index (χ1n) is 6.27. The normalized spacial score (nSPS) is 18.2. The van der Waals surface area contributed by atoms with E-state index in [1.807, 2.05) is 0 Å². The van der Waals surface area contributed by atoms with Crippen molar-refractivity contribution in [1.29, 1.82) is 0 Å². The maximum atomic E-state index is 13.1. The maximum absolute atomic E-state index is 13.1. The van der Waals surface area contributed by atoms with Crippen molar-refractivity contribution in [3.05, 3.63) is 29.8 Å². The molecule has 114 valence electrons. The van der Waals surface area contributed by atoms with Crippen molar-refractivity contribution < 1.29 is 9.18 Å². The van der Waals surface area contributed by atoms with Gasteiger partial charge in [-0.25, -0.2) is 4.39 Å². The summed E-state index contributed by atoms with van der Waals surface area (Å²) in [5, 5.41) is 3.31. The average molecular weight is 324 g/mol. The predicted octanol–water partition coefficient (Wildman–Crippen LogP) is 2.28. The van der Waals surface area contributed by atoms with Crippen LogP contribution < -0.4 is 5.32 Å². The number of pyridine rings is 1. The van der Waals surface area contributed by atoms with Crippen LogP contribution in [0.1, 0.15) is 29.6 Å². The summed E-state index contributed by atoms with van der Waals surface area (Å²) in [6.45, 7) is 1.92. The van der Waals surface area contributed by atoms with Gasteiger partial charge in [0.25, 0.3) is 5.91 Å². The highest BCUT2D eigenvalue weighted by Gasteiger charge is 2.22. The fraction of sp³-hybridized carbons (Fsp3) is 0.538. The van der Waals surface area contributed by atoms with Crippen LogP contribution in [0.3, 0.4) is 0 Å². The van der Waals surface area contributed by atoms with E-state index in [0.717, 1.165) is 38.5 Å². The van der Waals surface area contributed by atoms with Gasteiger partial charge < -0.3 is 10.2 Å². The summed E-state index contributed by atoms with van der Waals surface area (Å²) in [4.78, 5) is 17.6. The quantitative estimate of drug-likeness (QED) is 0.908. The molecule has 0 radical (unpaired) electrons. The molecule has 1 fully saturated rings. The number of nitrogens with zero attached hydrogens (tertiary/aromatic N) is 2. The number of carbonyl (C=O) groups excluding carboxylic acids is 1. The number of rotatable bonds is 2. The highest BCUT2D eigenvalue weighted by atomic mass is 35.5. The minimum atomic E-state index is -0.475. The lowest BCUT2D eigenvalue weighted by Crippen LogP contribution is -2.37. The van der Waals surface area contributed by atoms with Crippen molar-refractivity contribution in [3.8, 4) is 0 Å². The van der Waals surface area contributed by atoms with Gasteiger partial charge in [-0.15, -0.1) is 24.8 Å². The monoisotopic (exact) mass is 323 g/mol.